The van der Waals surface area contributed by atoms with Gasteiger partial charge in [-0.25, -0.2) is 0 Å². The van der Waals surface area contributed by atoms with Crippen molar-refractivity contribution in [2.75, 3.05) is 6.54 Å². The Morgan fingerprint density at radius 3 is 1.82 bits per heavy atom. The summed E-state index contributed by atoms with van der Waals surface area (Å²) in [5.41, 5.74) is 0.757. The van der Waals surface area contributed by atoms with Gasteiger partial charge in [0.25, 0.3) is 11.8 Å². The summed E-state index contributed by atoms with van der Waals surface area (Å²) in [5.74, 6) is -0.971. The van der Waals surface area contributed by atoms with Crippen molar-refractivity contribution in [2.24, 2.45) is 0 Å². The van der Waals surface area contributed by atoms with Crippen LogP contribution >= 0.6 is 0 Å². The maximum Gasteiger partial charge on any atom is 0.261 e. The van der Waals surface area contributed by atoms with Crippen LogP contribution in [0, 0.1) is 0 Å². The normalized spacial score (nSPS) is 13.0. The van der Waals surface area contributed by atoms with Gasteiger partial charge in [0.2, 0.25) is 0 Å². The van der Waals surface area contributed by atoms with E-state index >= 15 is 0 Å². The zero-order valence-electron chi connectivity index (χ0n) is 10.2. The van der Waals surface area contributed by atoms with E-state index in [0.29, 0.717) is 11.1 Å². The van der Waals surface area contributed by atoms with Gasteiger partial charge in [-0.1, -0.05) is 26.0 Å². The molecule has 0 saturated carbocycles. The highest BCUT2D eigenvalue weighted by atomic mass is 16.2. The van der Waals surface area contributed by atoms with Gasteiger partial charge in [-0.05, 0) is 19.1 Å². The van der Waals surface area contributed by atoms with Crippen molar-refractivity contribution in [2.45, 2.75) is 20.8 Å². The maximum absolute atomic E-state index is 11.7. The number of nitrogens with zero attached hydrogens (tertiary/aromatic N) is 1. The molecule has 2 rings (SSSR count). The van der Waals surface area contributed by atoms with E-state index in [1.165, 1.54) is 6.92 Å². The van der Waals surface area contributed by atoms with Gasteiger partial charge in [0.1, 0.15) is 5.78 Å². The van der Waals surface area contributed by atoms with E-state index in [4.69, 9.17) is 0 Å². The van der Waals surface area contributed by atoms with Gasteiger partial charge in [-0.2, -0.15) is 0 Å². The highest BCUT2D eigenvalue weighted by molar-refractivity contribution is 6.22. The van der Waals surface area contributed by atoms with Crippen LogP contribution in [0.3, 0.4) is 0 Å². The molecule has 0 atom stereocenters. The smallest absolute Gasteiger partial charge is 0.261 e. The first-order valence-corrected chi connectivity index (χ1v) is 5.56. The lowest BCUT2D eigenvalue weighted by Gasteiger charge is -2.10. The molecule has 0 saturated heterocycles. The molecule has 0 spiro atoms. The molecule has 1 aliphatic rings. The van der Waals surface area contributed by atoms with E-state index in [-0.39, 0.29) is 24.1 Å². The molecule has 0 aliphatic carbocycles. The highest BCUT2D eigenvalue weighted by Crippen LogP contribution is 2.21. The first-order valence-electron chi connectivity index (χ1n) is 5.56. The largest absolute Gasteiger partial charge is 0.298 e. The zero-order valence-corrected chi connectivity index (χ0v) is 10.2. The molecule has 1 aliphatic heterocycles. The van der Waals surface area contributed by atoms with Crippen LogP contribution in [0.2, 0.25) is 0 Å². The van der Waals surface area contributed by atoms with E-state index in [0.717, 1.165) is 4.90 Å². The predicted molar refractivity (Wildman–Crippen MR) is 63.8 cm³/mol. The Balaban J connectivity index is 0.000000686. The Morgan fingerprint density at radius 2 is 1.47 bits per heavy atom. The summed E-state index contributed by atoms with van der Waals surface area (Å²) in [4.78, 5) is 35.3. The summed E-state index contributed by atoms with van der Waals surface area (Å²) in [7, 11) is 0. The van der Waals surface area contributed by atoms with Crippen molar-refractivity contribution in [3.63, 3.8) is 0 Å². The average Bonchev–Trinajstić information content (AvgIpc) is 2.57. The lowest BCUT2D eigenvalue weighted by atomic mass is 10.1. The summed E-state index contributed by atoms with van der Waals surface area (Å²) >= 11 is 0. The number of benzene rings is 1. The molecule has 4 nitrogen and oxygen atoms in total. The van der Waals surface area contributed by atoms with Gasteiger partial charge < -0.3 is 0 Å². The summed E-state index contributed by atoms with van der Waals surface area (Å²) in [6, 6.07) is 6.58. The van der Waals surface area contributed by atoms with Gasteiger partial charge in [-0.3, -0.25) is 19.3 Å². The first-order chi connectivity index (χ1) is 8.11. The Bertz CT molecular complexity index is 430. The fourth-order valence-corrected chi connectivity index (χ4v) is 1.61. The second kappa shape index (κ2) is 5.39. The number of fused-ring (bicyclic) bond motifs is 1. The number of rotatable bonds is 2. The molecule has 17 heavy (non-hydrogen) atoms. The Morgan fingerprint density at radius 1 is 1.06 bits per heavy atom. The first kappa shape index (κ1) is 13.1. The van der Waals surface area contributed by atoms with Crippen molar-refractivity contribution in [3.8, 4) is 0 Å². The Kier molecular flexibility index (Phi) is 4.15. The van der Waals surface area contributed by atoms with Crippen molar-refractivity contribution >= 4 is 17.6 Å². The van der Waals surface area contributed by atoms with Crippen LogP contribution in [-0.2, 0) is 4.79 Å². The quantitative estimate of drug-likeness (QED) is 0.733. The average molecular weight is 233 g/mol. The Labute approximate surface area is 100 Å². The maximum atomic E-state index is 11.7. The third-order valence-electron chi connectivity index (χ3n) is 2.26. The topological polar surface area (TPSA) is 54.5 Å². The number of ketones is 1. The predicted octanol–water partition coefficient (Wildman–Crippen LogP) is 1.90. The number of hydrogen-bond acceptors (Lipinski definition) is 3. The van der Waals surface area contributed by atoms with Gasteiger partial charge in [0, 0.05) is 0 Å². The van der Waals surface area contributed by atoms with Crippen molar-refractivity contribution in [1.29, 1.82) is 0 Å². The third kappa shape index (κ3) is 2.41. The number of Topliss-reactive ketones (excluding diaryl/α,β-unsaturated/α-hetero) is 1. The monoisotopic (exact) mass is 233 g/mol. The molecule has 90 valence electrons. The molecule has 0 unspecified atom stereocenters. The molecular weight excluding hydrogens is 218 g/mol. The van der Waals surface area contributed by atoms with Crippen molar-refractivity contribution in [1.82, 2.24) is 4.90 Å². The molecule has 0 N–H and O–H groups in total. The lowest BCUT2D eigenvalue weighted by molar-refractivity contribution is -0.117. The SMILES string of the molecule is CC.CC(=O)CN1C(=O)c2ccccc2C1=O. The van der Waals surface area contributed by atoms with Gasteiger partial charge in [0.15, 0.2) is 0 Å². The number of imide groups is 1. The summed E-state index contributed by atoms with van der Waals surface area (Å²) in [5, 5.41) is 0. The number of amides is 2. The minimum atomic E-state index is -0.384. The minimum Gasteiger partial charge on any atom is -0.298 e. The summed E-state index contributed by atoms with van der Waals surface area (Å²) < 4.78 is 0. The molecule has 1 aromatic carbocycles. The zero-order chi connectivity index (χ0) is 13.0. The van der Waals surface area contributed by atoms with Crippen molar-refractivity contribution in [3.05, 3.63) is 35.4 Å². The second-order valence-electron chi connectivity index (χ2n) is 3.44. The van der Waals surface area contributed by atoms with E-state index < -0.39 is 0 Å². The molecular formula is C13H15NO3. The lowest BCUT2D eigenvalue weighted by Crippen LogP contribution is -2.33. The molecule has 2 amide bonds. The molecule has 0 aromatic heterocycles. The standard InChI is InChI=1S/C11H9NO3.C2H6/c1-7(13)6-12-10(14)8-4-2-3-5-9(8)11(12)15;1-2/h2-5H,6H2,1H3;1-2H3. The molecule has 0 bridgehead atoms. The van der Waals surface area contributed by atoms with Crippen LogP contribution in [-0.4, -0.2) is 29.0 Å². The van der Waals surface area contributed by atoms with Gasteiger partial charge in [0.05, 0.1) is 17.7 Å². The van der Waals surface area contributed by atoms with Crippen molar-refractivity contribution < 1.29 is 14.4 Å². The Hall–Kier alpha value is -1.97. The number of carbonyl (C=O) groups is 3. The molecule has 1 aromatic rings. The number of carbonyl (C=O) groups excluding carboxylic acids is 3. The summed E-state index contributed by atoms with van der Waals surface area (Å²) in [6.07, 6.45) is 0. The third-order valence-corrected chi connectivity index (χ3v) is 2.26. The fourth-order valence-electron chi connectivity index (χ4n) is 1.61. The minimum absolute atomic E-state index is 0.146. The fraction of sp³-hybridized carbons (Fsp3) is 0.308. The molecule has 1 heterocycles. The molecule has 0 radical (unpaired) electrons. The van der Waals surface area contributed by atoms with Crippen LogP contribution in [0.5, 0.6) is 0 Å². The van der Waals surface area contributed by atoms with E-state index in [1.807, 2.05) is 13.8 Å². The summed E-state index contributed by atoms with van der Waals surface area (Å²) in [6.45, 7) is 5.20. The highest BCUT2D eigenvalue weighted by Gasteiger charge is 2.35. The van der Waals surface area contributed by atoms with Crippen LogP contribution in [0.4, 0.5) is 0 Å². The van der Waals surface area contributed by atoms with Gasteiger partial charge >= 0.3 is 0 Å². The molecule has 4 heteroatoms. The van der Waals surface area contributed by atoms with E-state index in [1.54, 1.807) is 24.3 Å². The van der Waals surface area contributed by atoms with Crippen LogP contribution < -0.4 is 0 Å². The van der Waals surface area contributed by atoms with Crippen LogP contribution in [0.1, 0.15) is 41.5 Å². The van der Waals surface area contributed by atoms with Gasteiger partial charge in [-0.15, -0.1) is 0 Å². The number of hydrogen-bond donors (Lipinski definition) is 0. The second-order valence-corrected chi connectivity index (χ2v) is 3.44. The van der Waals surface area contributed by atoms with Crippen LogP contribution in [0.25, 0.3) is 0 Å². The van der Waals surface area contributed by atoms with E-state index in [2.05, 4.69) is 0 Å². The van der Waals surface area contributed by atoms with E-state index in [9.17, 15) is 14.4 Å². The van der Waals surface area contributed by atoms with Crippen LogP contribution in [0.15, 0.2) is 24.3 Å². The molecule has 0 fully saturated rings.